The Morgan fingerprint density at radius 1 is 1.50 bits per heavy atom. The van der Waals surface area contributed by atoms with E-state index in [0.29, 0.717) is 5.92 Å². The lowest BCUT2D eigenvalue weighted by molar-refractivity contribution is 0.603. The highest BCUT2D eigenvalue weighted by atomic mass is 32.2. The van der Waals surface area contributed by atoms with E-state index < -0.39 is 10.0 Å². The zero-order valence-electron chi connectivity index (χ0n) is 8.82. The zero-order chi connectivity index (χ0) is 11.4. The van der Waals surface area contributed by atoms with Crippen LogP contribution in [0.3, 0.4) is 0 Å². The predicted octanol–water partition coefficient (Wildman–Crippen LogP) is 1.07. The Labute approximate surface area is 85.7 Å². The highest BCUT2D eigenvalue weighted by Gasteiger charge is 2.06. The summed E-state index contributed by atoms with van der Waals surface area (Å²) < 4.78 is 21.6. The lowest BCUT2D eigenvalue weighted by atomic mass is 10.1. The first-order chi connectivity index (χ1) is 6.27. The fraction of sp³-hybridized carbons (Fsp3) is 0.556. The van der Waals surface area contributed by atoms with Gasteiger partial charge in [-0.25, -0.2) is 13.6 Å². The Morgan fingerprint density at radius 2 is 2.00 bits per heavy atom. The third-order valence-corrected chi connectivity index (χ3v) is 2.66. The molecule has 1 unspecified atom stereocenters. The summed E-state index contributed by atoms with van der Waals surface area (Å²) in [5, 5.41) is 4.55. The van der Waals surface area contributed by atoms with Crippen LogP contribution in [0.1, 0.15) is 27.2 Å². The molecule has 1 atom stereocenters. The normalized spacial score (nSPS) is 16.9. The van der Waals surface area contributed by atoms with Crippen molar-refractivity contribution in [1.29, 1.82) is 0 Å². The average Bonchev–Trinajstić information content (AvgIpc) is 2.02. The number of hydrogen-bond donors (Lipinski definition) is 2. The summed E-state index contributed by atoms with van der Waals surface area (Å²) in [4.78, 5) is 0. The summed E-state index contributed by atoms with van der Waals surface area (Å²) in [6.45, 7) is 5.90. The number of sulfonamides is 1. The van der Waals surface area contributed by atoms with E-state index in [-0.39, 0.29) is 5.03 Å². The number of rotatable bonds is 4. The summed E-state index contributed by atoms with van der Waals surface area (Å²) in [6.07, 6.45) is 4.33. The molecule has 0 amide bonds. The first-order valence-corrected chi connectivity index (χ1v) is 6.00. The monoisotopic (exact) mass is 218 g/mol. The fourth-order valence-corrected chi connectivity index (χ4v) is 1.27. The van der Waals surface area contributed by atoms with Gasteiger partial charge in [0, 0.05) is 0 Å². The fourth-order valence-electron chi connectivity index (χ4n) is 0.921. The van der Waals surface area contributed by atoms with Crippen molar-refractivity contribution in [3.05, 3.63) is 22.8 Å². The van der Waals surface area contributed by atoms with Crippen molar-refractivity contribution in [3.8, 4) is 0 Å². The molecule has 0 heterocycles. The molecule has 4 N–H and O–H groups in total. The standard InChI is InChI=1S/C9H18N2O2S/c1-4-7(2)5-8(3)6-9(10)14(11,12)13/h5-7H,4,10H2,1-3H3,(H2,11,12,13)/b8-5-,9-6+. The van der Waals surface area contributed by atoms with Crippen LogP contribution in [0.15, 0.2) is 22.8 Å². The lowest BCUT2D eigenvalue weighted by Gasteiger charge is -2.03. The van der Waals surface area contributed by atoms with Gasteiger partial charge in [-0.15, -0.1) is 0 Å². The van der Waals surface area contributed by atoms with E-state index in [2.05, 4.69) is 6.92 Å². The van der Waals surface area contributed by atoms with Gasteiger partial charge in [-0.1, -0.05) is 31.9 Å². The summed E-state index contributed by atoms with van der Waals surface area (Å²) in [5.41, 5.74) is 6.09. The molecule has 0 bridgehead atoms. The highest BCUT2D eigenvalue weighted by Crippen LogP contribution is 2.09. The van der Waals surface area contributed by atoms with Gasteiger partial charge in [-0.05, 0) is 18.9 Å². The van der Waals surface area contributed by atoms with E-state index in [1.807, 2.05) is 13.0 Å². The zero-order valence-corrected chi connectivity index (χ0v) is 9.64. The molecule has 0 spiro atoms. The molecule has 0 aromatic carbocycles. The molecule has 0 aliphatic rings. The molecule has 5 heteroatoms. The van der Waals surface area contributed by atoms with Gasteiger partial charge >= 0.3 is 0 Å². The second kappa shape index (κ2) is 5.17. The molecule has 0 fully saturated rings. The molecule has 14 heavy (non-hydrogen) atoms. The second-order valence-corrected chi connectivity index (χ2v) is 4.95. The van der Waals surface area contributed by atoms with Crippen molar-refractivity contribution in [2.24, 2.45) is 16.8 Å². The van der Waals surface area contributed by atoms with E-state index >= 15 is 0 Å². The van der Waals surface area contributed by atoms with Crippen LogP contribution in [0.5, 0.6) is 0 Å². The Kier molecular flexibility index (Phi) is 4.87. The smallest absolute Gasteiger partial charge is 0.252 e. The van der Waals surface area contributed by atoms with Crippen molar-refractivity contribution in [2.45, 2.75) is 27.2 Å². The molecule has 0 aromatic rings. The second-order valence-electron chi connectivity index (χ2n) is 3.39. The summed E-state index contributed by atoms with van der Waals surface area (Å²) in [5.74, 6) is 0.402. The maximum Gasteiger partial charge on any atom is 0.252 e. The van der Waals surface area contributed by atoms with Crippen LogP contribution in [0, 0.1) is 5.92 Å². The van der Waals surface area contributed by atoms with Crippen molar-refractivity contribution in [1.82, 2.24) is 0 Å². The van der Waals surface area contributed by atoms with Gasteiger partial charge in [-0.2, -0.15) is 0 Å². The van der Waals surface area contributed by atoms with Crippen LogP contribution >= 0.6 is 0 Å². The van der Waals surface area contributed by atoms with E-state index in [1.165, 1.54) is 6.08 Å². The predicted molar refractivity (Wildman–Crippen MR) is 58.6 cm³/mol. The largest absolute Gasteiger partial charge is 0.388 e. The summed E-state index contributed by atoms with van der Waals surface area (Å²) in [7, 11) is -3.74. The van der Waals surface area contributed by atoms with Gasteiger partial charge in [-0.3, -0.25) is 0 Å². The van der Waals surface area contributed by atoms with Gasteiger partial charge in [0.05, 0.1) is 0 Å². The van der Waals surface area contributed by atoms with Gasteiger partial charge in [0.2, 0.25) is 0 Å². The Hall–Kier alpha value is -0.810. The van der Waals surface area contributed by atoms with E-state index in [4.69, 9.17) is 10.9 Å². The lowest BCUT2D eigenvalue weighted by Crippen LogP contribution is -2.20. The minimum atomic E-state index is -3.74. The molecule has 4 nitrogen and oxygen atoms in total. The van der Waals surface area contributed by atoms with Crippen LogP contribution in [0.2, 0.25) is 0 Å². The SMILES string of the molecule is CCC(C)/C=C(C)\C=C(/N)S(N)(=O)=O. The van der Waals surface area contributed by atoms with Crippen LogP contribution < -0.4 is 10.9 Å². The molecule has 82 valence electrons. The molecular formula is C9H18N2O2S. The van der Waals surface area contributed by atoms with Crippen LogP contribution in [-0.4, -0.2) is 8.42 Å². The third kappa shape index (κ3) is 5.04. The van der Waals surface area contributed by atoms with E-state index in [0.717, 1.165) is 12.0 Å². The van der Waals surface area contributed by atoms with Gasteiger partial charge < -0.3 is 5.73 Å². The average molecular weight is 218 g/mol. The molecule has 0 aromatic heterocycles. The number of nitrogens with two attached hydrogens (primary N) is 2. The van der Waals surface area contributed by atoms with Crippen LogP contribution in [-0.2, 0) is 10.0 Å². The molecule has 0 radical (unpaired) electrons. The maximum atomic E-state index is 10.8. The van der Waals surface area contributed by atoms with Crippen molar-refractivity contribution in [3.63, 3.8) is 0 Å². The third-order valence-electron chi connectivity index (χ3n) is 1.89. The van der Waals surface area contributed by atoms with E-state index in [9.17, 15) is 8.42 Å². The molecule has 0 aliphatic carbocycles. The van der Waals surface area contributed by atoms with Gasteiger partial charge in [0.25, 0.3) is 10.0 Å². The Balaban J connectivity index is 4.76. The minimum Gasteiger partial charge on any atom is -0.388 e. The van der Waals surface area contributed by atoms with Crippen molar-refractivity contribution >= 4 is 10.0 Å². The number of hydrogen-bond acceptors (Lipinski definition) is 3. The van der Waals surface area contributed by atoms with Gasteiger partial charge in [0.1, 0.15) is 5.03 Å². The molecular weight excluding hydrogens is 200 g/mol. The summed E-state index contributed by atoms with van der Waals surface area (Å²) in [6, 6.07) is 0. The van der Waals surface area contributed by atoms with Crippen molar-refractivity contribution in [2.75, 3.05) is 0 Å². The first-order valence-electron chi connectivity index (χ1n) is 4.45. The van der Waals surface area contributed by atoms with Crippen LogP contribution in [0.4, 0.5) is 0 Å². The molecule has 0 rings (SSSR count). The quantitative estimate of drug-likeness (QED) is 0.692. The minimum absolute atomic E-state index is 0.297. The maximum absolute atomic E-state index is 10.8. The molecule has 0 aliphatic heterocycles. The number of allylic oxidation sites excluding steroid dienone is 3. The highest BCUT2D eigenvalue weighted by molar-refractivity contribution is 7.93. The molecule has 0 saturated carbocycles. The topological polar surface area (TPSA) is 86.2 Å². The first kappa shape index (κ1) is 13.2. The van der Waals surface area contributed by atoms with E-state index in [1.54, 1.807) is 6.92 Å². The Morgan fingerprint density at radius 3 is 2.36 bits per heavy atom. The summed E-state index contributed by atoms with van der Waals surface area (Å²) >= 11 is 0. The van der Waals surface area contributed by atoms with Crippen LogP contribution in [0.25, 0.3) is 0 Å². The van der Waals surface area contributed by atoms with Crippen molar-refractivity contribution < 1.29 is 8.42 Å². The van der Waals surface area contributed by atoms with Gasteiger partial charge in [0.15, 0.2) is 0 Å². The Bertz CT molecular complexity index is 342. The molecule has 0 saturated heterocycles. The number of primary sulfonamides is 1.